The molecule has 0 radical (unpaired) electrons. The average molecular weight is 183 g/mol. The van der Waals surface area contributed by atoms with Crippen molar-refractivity contribution in [2.45, 2.75) is 37.3 Å². The van der Waals surface area contributed by atoms with Crippen LogP contribution >= 0.6 is 0 Å². The van der Waals surface area contributed by atoms with E-state index in [0.29, 0.717) is 6.04 Å². The summed E-state index contributed by atoms with van der Waals surface area (Å²) >= 11 is 0. The van der Waals surface area contributed by atoms with Crippen LogP contribution in [0.4, 0.5) is 13.2 Å². The fraction of sp³-hybridized carbons (Fsp3) is 1.00. The minimum absolute atomic E-state index is 0.116. The zero-order valence-electron chi connectivity index (χ0n) is 6.63. The van der Waals surface area contributed by atoms with Crippen molar-refractivity contribution in [2.24, 2.45) is 0 Å². The van der Waals surface area contributed by atoms with Gasteiger partial charge in [0.25, 0.3) is 0 Å². The third kappa shape index (κ3) is 2.48. The summed E-state index contributed by atoms with van der Waals surface area (Å²) in [5.74, 6) is 0. The van der Waals surface area contributed by atoms with Gasteiger partial charge in [0, 0.05) is 17.2 Å². The zero-order chi connectivity index (χ0) is 8.70. The van der Waals surface area contributed by atoms with E-state index in [0.717, 1.165) is 0 Å². The van der Waals surface area contributed by atoms with Crippen molar-refractivity contribution >= 4 is 9.52 Å². The zero-order valence-corrected chi connectivity index (χ0v) is 8.04. The summed E-state index contributed by atoms with van der Waals surface area (Å²) in [4.78, 5) is 0. The molecule has 5 heteroatoms. The quantitative estimate of drug-likeness (QED) is 0.497. The SMILES string of the molecule is CC1NC1(C)[SiH2]CC(F)(F)F. The second kappa shape index (κ2) is 2.48. The average Bonchev–Trinajstić information content (AvgIpc) is 2.36. The van der Waals surface area contributed by atoms with Crippen molar-refractivity contribution in [2.75, 3.05) is 0 Å². The minimum atomic E-state index is -3.95. The molecule has 0 bridgehead atoms. The van der Waals surface area contributed by atoms with Crippen LogP contribution in [-0.2, 0) is 0 Å². The lowest BCUT2D eigenvalue weighted by Crippen LogP contribution is -2.26. The van der Waals surface area contributed by atoms with Gasteiger partial charge in [-0.15, -0.1) is 0 Å². The molecule has 1 aliphatic rings. The predicted octanol–water partition coefficient (Wildman–Crippen LogP) is 0.844. The van der Waals surface area contributed by atoms with Gasteiger partial charge in [0.1, 0.15) is 0 Å². The molecule has 0 aromatic carbocycles. The molecular formula is C6H12F3NSi. The first-order valence-corrected chi connectivity index (χ1v) is 5.39. The van der Waals surface area contributed by atoms with Gasteiger partial charge >= 0.3 is 6.18 Å². The van der Waals surface area contributed by atoms with E-state index in [1.165, 1.54) is 0 Å². The van der Waals surface area contributed by atoms with Crippen molar-refractivity contribution in [3.05, 3.63) is 0 Å². The highest BCUT2D eigenvalue weighted by Gasteiger charge is 2.47. The van der Waals surface area contributed by atoms with Crippen LogP contribution in [0.3, 0.4) is 0 Å². The molecule has 1 rings (SSSR count). The van der Waals surface area contributed by atoms with Gasteiger partial charge in [-0.1, -0.05) is 0 Å². The summed E-state index contributed by atoms with van der Waals surface area (Å²) in [5, 5.41) is 2.93. The Morgan fingerprint density at radius 3 is 2.27 bits per heavy atom. The molecule has 1 N–H and O–H groups in total. The van der Waals surface area contributed by atoms with E-state index in [9.17, 15) is 13.2 Å². The Morgan fingerprint density at radius 1 is 1.55 bits per heavy atom. The van der Waals surface area contributed by atoms with Gasteiger partial charge in [0.05, 0.1) is 9.52 Å². The van der Waals surface area contributed by atoms with Crippen LogP contribution in [0.2, 0.25) is 6.04 Å². The summed E-state index contributed by atoms with van der Waals surface area (Å²) in [7, 11) is -1.03. The molecule has 0 aliphatic carbocycles. The third-order valence-corrected chi connectivity index (χ3v) is 5.02. The topological polar surface area (TPSA) is 21.9 Å². The lowest BCUT2D eigenvalue weighted by molar-refractivity contribution is -0.110. The van der Waals surface area contributed by atoms with Crippen molar-refractivity contribution in [3.63, 3.8) is 0 Å². The fourth-order valence-corrected chi connectivity index (χ4v) is 2.83. The Labute approximate surface area is 66.2 Å². The van der Waals surface area contributed by atoms with Gasteiger partial charge in [-0.05, 0) is 13.8 Å². The summed E-state index contributed by atoms with van der Waals surface area (Å²) in [6, 6.07) is -0.239. The van der Waals surface area contributed by atoms with Crippen LogP contribution in [0.1, 0.15) is 13.8 Å². The van der Waals surface area contributed by atoms with E-state index in [4.69, 9.17) is 0 Å². The summed E-state index contributed by atoms with van der Waals surface area (Å²) in [6.07, 6.45) is -3.95. The molecule has 1 aliphatic heterocycles. The molecule has 11 heavy (non-hydrogen) atoms. The van der Waals surface area contributed by atoms with E-state index < -0.39 is 21.7 Å². The number of halogens is 3. The lowest BCUT2D eigenvalue weighted by atomic mass is 10.4. The van der Waals surface area contributed by atoms with Crippen molar-refractivity contribution in [1.29, 1.82) is 0 Å². The summed E-state index contributed by atoms with van der Waals surface area (Å²) in [5.41, 5.74) is 0. The molecule has 66 valence electrons. The van der Waals surface area contributed by atoms with Gasteiger partial charge in [-0.3, -0.25) is 0 Å². The largest absolute Gasteiger partial charge is 0.386 e. The van der Waals surface area contributed by atoms with Crippen LogP contribution < -0.4 is 5.32 Å². The molecule has 0 amide bonds. The van der Waals surface area contributed by atoms with Gasteiger partial charge < -0.3 is 5.32 Å². The van der Waals surface area contributed by atoms with Crippen molar-refractivity contribution in [1.82, 2.24) is 5.32 Å². The molecular weight excluding hydrogens is 171 g/mol. The highest BCUT2D eigenvalue weighted by atomic mass is 28.2. The maximum Gasteiger partial charge on any atom is 0.386 e. The Balaban J connectivity index is 2.24. The molecule has 1 nitrogen and oxygen atoms in total. The highest BCUT2D eigenvalue weighted by molar-refractivity contribution is 6.42. The molecule has 2 atom stereocenters. The maximum atomic E-state index is 11.7. The summed E-state index contributed by atoms with van der Waals surface area (Å²) < 4.78 is 35.2. The van der Waals surface area contributed by atoms with E-state index in [2.05, 4.69) is 5.32 Å². The second-order valence-electron chi connectivity index (χ2n) is 3.40. The van der Waals surface area contributed by atoms with Crippen LogP contribution in [0.25, 0.3) is 0 Å². The van der Waals surface area contributed by atoms with Crippen LogP contribution in [0, 0.1) is 0 Å². The number of hydrogen-bond acceptors (Lipinski definition) is 1. The second-order valence-corrected chi connectivity index (χ2v) is 5.87. The number of alkyl halides is 3. The van der Waals surface area contributed by atoms with Crippen LogP contribution in [-0.4, -0.2) is 26.9 Å². The molecule has 1 saturated heterocycles. The first kappa shape index (κ1) is 9.06. The minimum Gasteiger partial charge on any atom is -0.309 e. The van der Waals surface area contributed by atoms with E-state index in [-0.39, 0.29) is 5.16 Å². The van der Waals surface area contributed by atoms with Crippen LogP contribution in [0.5, 0.6) is 0 Å². The van der Waals surface area contributed by atoms with Gasteiger partial charge in [-0.25, -0.2) is 0 Å². The number of rotatable bonds is 2. The Bertz CT molecular complexity index is 158. The lowest BCUT2D eigenvalue weighted by Gasteiger charge is -2.08. The number of hydrogen-bond donors (Lipinski definition) is 1. The Morgan fingerprint density at radius 2 is 2.00 bits per heavy atom. The Hall–Kier alpha value is -0.0331. The number of nitrogens with one attached hydrogen (secondary N) is 1. The molecule has 1 fully saturated rings. The normalized spacial score (nSPS) is 38.5. The molecule has 1 heterocycles. The molecule has 0 aromatic rings. The van der Waals surface area contributed by atoms with Gasteiger partial charge in [0.2, 0.25) is 0 Å². The first-order valence-electron chi connectivity index (χ1n) is 3.68. The summed E-state index contributed by atoms with van der Waals surface area (Å²) in [6.45, 7) is 3.82. The predicted molar refractivity (Wildman–Crippen MR) is 40.4 cm³/mol. The van der Waals surface area contributed by atoms with E-state index >= 15 is 0 Å². The standard InChI is InChI=1S/C6H12F3NSi/c1-4-5(2,10-4)11-3-6(7,8)9/h4,10H,3,11H2,1-2H3. The van der Waals surface area contributed by atoms with Crippen molar-refractivity contribution in [3.8, 4) is 0 Å². The fourth-order valence-electron chi connectivity index (χ4n) is 1.14. The van der Waals surface area contributed by atoms with E-state index in [1.807, 2.05) is 13.8 Å². The third-order valence-electron chi connectivity index (χ3n) is 2.35. The Kier molecular flexibility index (Phi) is 2.04. The highest BCUT2D eigenvalue weighted by Crippen LogP contribution is 2.29. The van der Waals surface area contributed by atoms with Crippen LogP contribution in [0.15, 0.2) is 0 Å². The molecule has 2 unspecified atom stereocenters. The maximum absolute atomic E-state index is 11.7. The molecule has 0 aromatic heterocycles. The first-order chi connectivity index (χ1) is 4.83. The van der Waals surface area contributed by atoms with Gasteiger partial charge in [-0.2, -0.15) is 13.2 Å². The van der Waals surface area contributed by atoms with E-state index in [1.54, 1.807) is 0 Å². The van der Waals surface area contributed by atoms with Gasteiger partial charge in [0.15, 0.2) is 0 Å². The molecule has 0 saturated carbocycles. The van der Waals surface area contributed by atoms with Crippen molar-refractivity contribution < 1.29 is 13.2 Å². The smallest absolute Gasteiger partial charge is 0.309 e. The monoisotopic (exact) mass is 183 g/mol. The molecule has 0 spiro atoms.